The molecule has 0 aromatic heterocycles. The van der Waals surface area contributed by atoms with E-state index in [4.69, 9.17) is 0 Å². The normalized spacial score (nSPS) is 12.7. The van der Waals surface area contributed by atoms with Crippen LogP contribution in [0.3, 0.4) is 0 Å². The maximum atomic E-state index is 3.58. The zero-order valence-electron chi connectivity index (χ0n) is 14.7. The van der Waals surface area contributed by atoms with E-state index in [1.165, 1.54) is 43.7 Å². The summed E-state index contributed by atoms with van der Waals surface area (Å²) in [5, 5.41) is 3.58. The van der Waals surface area contributed by atoms with E-state index in [0.29, 0.717) is 0 Å². The van der Waals surface area contributed by atoms with Crippen LogP contribution in [0, 0.1) is 0 Å². The van der Waals surface area contributed by atoms with Crippen LogP contribution in [0.1, 0.15) is 45.6 Å². The van der Waals surface area contributed by atoms with Gasteiger partial charge in [-0.2, -0.15) is 11.8 Å². The van der Waals surface area contributed by atoms with Gasteiger partial charge in [0.05, 0.1) is 0 Å². The number of hydrogen-bond donors (Lipinski definition) is 1. The van der Waals surface area contributed by atoms with Crippen LogP contribution in [0.4, 0.5) is 0 Å². The van der Waals surface area contributed by atoms with Gasteiger partial charge in [-0.1, -0.05) is 44.2 Å². The number of thioether (sulfide) groups is 1. The Balaban J connectivity index is 1.91. The molecule has 0 bridgehead atoms. The molecule has 1 atom stereocenters. The highest BCUT2D eigenvalue weighted by Gasteiger charge is 2.08. The van der Waals surface area contributed by atoms with Gasteiger partial charge in [0, 0.05) is 11.8 Å². The molecule has 1 aromatic carbocycles. The minimum Gasteiger partial charge on any atom is -0.317 e. The average Bonchev–Trinajstić information content (AvgIpc) is 2.57. The van der Waals surface area contributed by atoms with Gasteiger partial charge in [-0.3, -0.25) is 0 Å². The van der Waals surface area contributed by atoms with Crippen molar-refractivity contribution in [2.45, 2.75) is 51.8 Å². The Kier molecular flexibility index (Phi) is 11.5. The third-order valence-electron chi connectivity index (χ3n) is 4.17. The number of hydrogen-bond acceptors (Lipinski definition) is 3. The van der Waals surface area contributed by atoms with Crippen molar-refractivity contribution < 1.29 is 0 Å². The van der Waals surface area contributed by atoms with Crippen molar-refractivity contribution in [1.29, 1.82) is 0 Å². The molecule has 0 saturated heterocycles. The second-order valence-electron chi connectivity index (χ2n) is 5.88. The molecule has 2 nitrogen and oxygen atoms in total. The molecule has 22 heavy (non-hydrogen) atoms. The highest BCUT2D eigenvalue weighted by atomic mass is 32.2. The van der Waals surface area contributed by atoms with E-state index in [-0.39, 0.29) is 0 Å². The highest BCUT2D eigenvalue weighted by molar-refractivity contribution is 7.98. The fraction of sp³-hybridized carbons (Fsp3) is 0.684. The number of rotatable bonds is 13. The van der Waals surface area contributed by atoms with Crippen LogP contribution in [0.2, 0.25) is 0 Å². The minimum atomic E-state index is 0.722. The molecule has 0 amide bonds. The van der Waals surface area contributed by atoms with Crippen molar-refractivity contribution in [3.05, 3.63) is 35.9 Å². The molecular weight excluding hydrogens is 288 g/mol. The molecule has 3 heteroatoms. The van der Waals surface area contributed by atoms with Crippen molar-refractivity contribution in [3.8, 4) is 0 Å². The second kappa shape index (κ2) is 13.0. The monoisotopic (exact) mass is 322 g/mol. The van der Waals surface area contributed by atoms with Crippen LogP contribution in [0.25, 0.3) is 0 Å². The first-order valence-electron chi connectivity index (χ1n) is 8.84. The first-order chi connectivity index (χ1) is 10.8. The fourth-order valence-electron chi connectivity index (χ4n) is 2.54. The summed E-state index contributed by atoms with van der Waals surface area (Å²) in [7, 11) is 0. The maximum absolute atomic E-state index is 3.58. The first kappa shape index (κ1) is 19.5. The highest BCUT2D eigenvalue weighted by Crippen LogP contribution is 2.12. The largest absolute Gasteiger partial charge is 0.317 e. The standard InChI is InChI=1S/C19H34N2S/c1-4-18(3)21(5-2)15-9-13-20-14-10-16-22-17-19-11-7-6-8-12-19/h6-8,11-12,18,20H,4-5,9-10,13-17H2,1-3H3. The molecule has 1 N–H and O–H groups in total. The zero-order valence-corrected chi connectivity index (χ0v) is 15.5. The van der Waals surface area contributed by atoms with Crippen molar-refractivity contribution in [2.75, 3.05) is 31.9 Å². The lowest BCUT2D eigenvalue weighted by atomic mass is 10.2. The lowest BCUT2D eigenvalue weighted by Gasteiger charge is -2.26. The maximum Gasteiger partial charge on any atom is 0.0184 e. The van der Waals surface area contributed by atoms with Crippen molar-refractivity contribution in [2.24, 2.45) is 0 Å². The molecule has 1 aromatic rings. The van der Waals surface area contributed by atoms with Gasteiger partial charge in [0.1, 0.15) is 0 Å². The fourth-order valence-corrected chi connectivity index (χ4v) is 3.46. The van der Waals surface area contributed by atoms with Crippen LogP contribution in [-0.2, 0) is 5.75 Å². The Morgan fingerprint density at radius 3 is 2.50 bits per heavy atom. The molecule has 0 aliphatic heterocycles. The summed E-state index contributed by atoms with van der Waals surface area (Å²) in [5.41, 5.74) is 1.44. The zero-order chi connectivity index (χ0) is 16.0. The van der Waals surface area contributed by atoms with Crippen LogP contribution in [-0.4, -0.2) is 42.9 Å². The van der Waals surface area contributed by atoms with E-state index in [2.05, 4.69) is 61.3 Å². The Labute approximate surface area is 142 Å². The van der Waals surface area contributed by atoms with Gasteiger partial charge in [-0.25, -0.2) is 0 Å². The Morgan fingerprint density at radius 2 is 1.82 bits per heavy atom. The summed E-state index contributed by atoms with van der Waals surface area (Å²) in [5.74, 6) is 2.39. The smallest absolute Gasteiger partial charge is 0.0184 e. The van der Waals surface area contributed by atoms with Gasteiger partial charge >= 0.3 is 0 Å². The number of nitrogens with one attached hydrogen (secondary N) is 1. The molecule has 1 rings (SSSR count). The van der Waals surface area contributed by atoms with Gasteiger partial charge in [0.15, 0.2) is 0 Å². The van der Waals surface area contributed by atoms with Crippen molar-refractivity contribution in [1.82, 2.24) is 10.2 Å². The van der Waals surface area contributed by atoms with E-state index >= 15 is 0 Å². The molecule has 126 valence electrons. The lowest BCUT2D eigenvalue weighted by molar-refractivity contribution is 0.212. The van der Waals surface area contributed by atoms with E-state index in [1.54, 1.807) is 0 Å². The van der Waals surface area contributed by atoms with Gasteiger partial charge in [-0.15, -0.1) is 0 Å². The number of nitrogens with zero attached hydrogens (tertiary/aromatic N) is 1. The second-order valence-corrected chi connectivity index (χ2v) is 6.99. The Hall–Kier alpha value is -0.510. The van der Waals surface area contributed by atoms with Crippen molar-refractivity contribution >= 4 is 11.8 Å². The summed E-state index contributed by atoms with van der Waals surface area (Å²) in [4.78, 5) is 2.58. The third kappa shape index (κ3) is 8.82. The quantitative estimate of drug-likeness (QED) is 0.542. The minimum absolute atomic E-state index is 0.722. The van der Waals surface area contributed by atoms with Gasteiger partial charge < -0.3 is 10.2 Å². The summed E-state index contributed by atoms with van der Waals surface area (Å²) < 4.78 is 0. The molecule has 0 spiro atoms. The van der Waals surface area contributed by atoms with Crippen LogP contribution in [0.15, 0.2) is 30.3 Å². The predicted molar refractivity (Wildman–Crippen MR) is 102 cm³/mol. The van der Waals surface area contributed by atoms with Gasteiger partial charge in [0.25, 0.3) is 0 Å². The molecule has 1 unspecified atom stereocenters. The van der Waals surface area contributed by atoms with Crippen LogP contribution < -0.4 is 5.32 Å². The molecule has 0 fully saturated rings. The first-order valence-corrected chi connectivity index (χ1v) is 9.99. The Bertz CT molecular complexity index is 356. The summed E-state index contributed by atoms with van der Waals surface area (Å²) in [6.45, 7) is 11.6. The van der Waals surface area contributed by atoms with E-state index in [1.807, 2.05) is 11.8 Å². The van der Waals surface area contributed by atoms with Crippen LogP contribution in [0.5, 0.6) is 0 Å². The molecule has 0 radical (unpaired) electrons. The topological polar surface area (TPSA) is 15.3 Å². The summed E-state index contributed by atoms with van der Waals surface area (Å²) >= 11 is 2.04. The van der Waals surface area contributed by atoms with E-state index in [9.17, 15) is 0 Å². The van der Waals surface area contributed by atoms with E-state index < -0.39 is 0 Å². The molecule has 0 saturated carbocycles. The number of benzene rings is 1. The van der Waals surface area contributed by atoms with Crippen molar-refractivity contribution in [3.63, 3.8) is 0 Å². The summed E-state index contributed by atoms with van der Waals surface area (Å²) in [6.07, 6.45) is 3.77. The van der Waals surface area contributed by atoms with Crippen LogP contribution >= 0.6 is 11.8 Å². The molecular formula is C19H34N2S. The third-order valence-corrected chi connectivity index (χ3v) is 5.29. The average molecular weight is 323 g/mol. The van der Waals surface area contributed by atoms with Gasteiger partial charge in [0.2, 0.25) is 0 Å². The molecule has 0 aliphatic carbocycles. The Morgan fingerprint density at radius 1 is 1.09 bits per heavy atom. The lowest BCUT2D eigenvalue weighted by Crippen LogP contribution is -2.34. The molecule has 0 aliphatic rings. The SMILES string of the molecule is CCC(C)N(CC)CCCNCCCSCc1ccccc1. The summed E-state index contributed by atoms with van der Waals surface area (Å²) in [6, 6.07) is 11.5. The van der Waals surface area contributed by atoms with Gasteiger partial charge in [-0.05, 0) is 63.7 Å². The predicted octanol–water partition coefficient (Wildman–Crippen LogP) is 4.41. The van der Waals surface area contributed by atoms with E-state index in [0.717, 1.165) is 24.9 Å². The molecule has 0 heterocycles.